The van der Waals surface area contributed by atoms with Gasteiger partial charge in [0, 0.05) is 24.4 Å². The van der Waals surface area contributed by atoms with E-state index in [1.54, 1.807) is 4.90 Å². The number of para-hydroxylation sites is 1. The maximum Gasteiger partial charge on any atom is 0.298 e. The van der Waals surface area contributed by atoms with Gasteiger partial charge in [-0.3, -0.25) is 9.89 Å². The van der Waals surface area contributed by atoms with Crippen molar-refractivity contribution in [2.24, 2.45) is 0 Å². The van der Waals surface area contributed by atoms with Crippen molar-refractivity contribution in [3.63, 3.8) is 0 Å². The average Bonchev–Trinajstić information content (AvgIpc) is 3.06. The quantitative estimate of drug-likeness (QED) is 0.709. The zero-order chi connectivity index (χ0) is 12.4. The van der Waals surface area contributed by atoms with Crippen molar-refractivity contribution < 1.29 is 4.79 Å². The lowest BCUT2D eigenvalue weighted by molar-refractivity contribution is -0.124. The Balaban J connectivity index is 1.86. The number of carbonyl (C=O) groups is 1. The fraction of sp³-hybridized carbons (Fsp3) is 0.286. The summed E-state index contributed by atoms with van der Waals surface area (Å²) in [5.41, 5.74) is 1.58. The Morgan fingerprint density at radius 2 is 2.06 bits per heavy atom. The Morgan fingerprint density at radius 1 is 1.28 bits per heavy atom. The van der Waals surface area contributed by atoms with Crippen LogP contribution < -0.4 is 0 Å². The molecular formula is C14H13N3O. The zero-order valence-corrected chi connectivity index (χ0v) is 9.94. The number of hydrogen-bond donors (Lipinski definition) is 1. The van der Waals surface area contributed by atoms with E-state index >= 15 is 0 Å². The summed E-state index contributed by atoms with van der Waals surface area (Å²) in [4.78, 5) is 13.6. The third-order valence-electron chi connectivity index (χ3n) is 3.15. The molecule has 18 heavy (non-hydrogen) atoms. The van der Waals surface area contributed by atoms with E-state index in [2.05, 4.69) is 22.0 Å². The van der Waals surface area contributed by atoms with Crippen LogP contribution in [-0.4, -0.2) is 34.1 Å². The molecule has 0 unspecified atom stereocenters. The molecule has 1 aliphatic heterocycles. The van der Waals surface area contributed by atoms with Crippen LogP contribution in [0.25, 0.3) is 10.9 Å². The van der Waals surface area contributed by atoms with E-state index < -0.39 is 0 Å². The number of benzene rings is 1. The van der Waals surface area contributed by atoms with Crippen molar-refractivity contribution >= 4 is 16.8 Å². The summed E-state index contributed by atoms with van der Waals surface area (Å²) in [6.07, 6.45) is 2.17. The third-order valence-corrected chi connectivity index (χ3v) is 3.15. The Labute approximate surface area is 105 Å². The van der Waals surface area contributed by atoms with E-state index in [4.69, 9.17) is 0 Å². The van der Waals surface area contributed by atoms with Crippen LogP contribution in [-0.2, 0) is 4.79 Å². The molecule has 0 aliphatic carbocycles. The minimum absolute atomic E-state index is 0.0915. The molecular weight excluding hydrogens is 226 g/mol. The molecule has 2 heterocycles. The van der Waals surface area contributed by atoms with Crippen LogP contribution in [0.3, 0.4) is 0 Å². The van der Waals surface area contributed by atoms with Gasteiger partial charge >= 0.3 is 0 Å². The second kappa shape index (κ2) is 4.53. The van der Waals surface area contributed by atoms with Crippen LogP contribution in [0, 0.1) is 11.8 Å². The average molecular weight is 239 g/mol. The summed E-state index contributed by atoms with van der Waals surface area (Å²) in [5.74, 6) is 5.48. The predicted octanol–water partition coefficient (Wildman–Crippen LogP) is 1.54. The first-order chi connectivity index (χ1) is 8.84. The van der Waals surface area contributed by atoms with E-state index in [-0.39, 0.29) is 5.91 Å². The van der Waals surface area contributed by atoms with Crippen molar-refractivity contribution in [2.45, 2.75) is 12.8 Å². The molecule has 0 bridgehead atoms. The maximum absolute atomic E-state index is 11.8. The van der Waals surface area contributed by atoms with Gasteiger partial charge in [0.25, 0.3) is 5.91 Å². The largest absolute Gasteiger partial charge is 0.332 e. The van der Waals surface area contributed by atoms with E-state index in [1.165, 1.54) is 0 Å². The van der Waals surface area contributed by atoms with Gasteiger partial charge in [0.1, 0.15) is 5.69 Å². The summed E-state index contributed by atoms with van der Waals surface area (Å²) in [6, 6.07) is 7.73. The highest BCUT2D eigenvalue weighted by molar-refractivity contribution is 5.95. The predicted molar refractivity (Wildman–Crippen MR) is 68.8 cm³/mol. The first kappa shape index (κ1) is 10.8. The zero-order valence-electron chi connectivity index (χ0n) is 9.94. The van der Waals surface area contributed by atoms with Gasteiger partial charge in [-0.25, -0.2) is 0 Å². The fourth-order valence-corrected chi connectivity index (χ4v) is 2.17. The van der Waals surface area contributed by atoms with Gasteiger partial charge in [-0.1, -0.05) is 12.1 Å². The van der Waals surface area contributed by atoms with Crippen molar-refractivity contribution in [2.75, 3.05) is 13.1 Å². The summed E-state index contributed by atoms with van der Waals surface area (Å²) >= 11 is 0. The number of nitrogens with one attached hydrogen (secondary N) is 1. The van der Waals surface area contributed by atoms with Crippen molar-refractivity contribution in [1.29, 1.82) is 0 Å². The van der Waals surface area contributed by atoms with E-state index in [9.17, 15) is 4.79 Å². The van der Waals surface area contributed by atoms with E-state index in [0.717, 1.165) is 36.8 Å². The number of hydrogen-bond acceptors (Lipinski definition) is 2. The lowest BCUT2D eigenvalue weighted by atomic mass is 10.2. The number of H-pyrrole nitrogens is 1. The monoisotopic (exact) mass is 239 g/mol. The van der Waals surface area contributed by atoms with Gasteiger partial charge < -0.3 is 4.90 Å². The number of nitrogens with zero attached hydrogens (tertiary/aromatic N) is 2. The molecule has 1 fully saturated rings. The summed E-state index contributed by atoms with van der Waals surface area (Å²) in [6.45, 7) is 1.66. The molecule has 4 nitrogen and oxygen atoms in total. The number of aromatic amines is 1. The van der Waals surface area contributed by atoms with E-state index in [0.29, 0.717) is 5.69 Å². The van der Waals surface area contributed by atoms with Gasteiger partial charge in [0.05, 0.1) is 5.52 Å². The smallest absolute Gasteiger partial charge is 0.298 e. The Hall–Kier alpha value is -2.28. The third kappa shape index (κ3) is 1.95. The van der Waals surface area contributed by atoms with Crippen LogP contribution in [0.15, 0.2) is 24.3 Å². The van der Waals surface area contributed by atoms with Crippen molar-refractivity contribution in [3.05, 3.63) is 30.0 Å². The fourth-order valence-electron chi connectivity index (χ4n) is 2.17. The van der Waals surface area contributed by atoms with Crippen molar-refractivity contribution in [3.8, 4) is 11.8 Å². The lowest BCUT2D eigenvalue weighted by Gasteiger charge is -2.09. The first-order valence-electron chi connectivity index (χ1n) is 6.08. The molecule has 0 atom stereocenters. The van der Waals surface area contributed by atoms with Crippen LogP contribution in [0.5, 0.6) is 0 Å². The lowest BCUT2D eigenvalue weighted by Crippen LogP contribution is -2.25. The molecule has 3 rings (SSSR count). The standard InChI is InChI=1S/C14H13N3O/c18-14(17-9-3-4-10-17)8-7-13-11-5-1-2-6-12(11)15-16-13/h1-2,5-6H,3-4,9-10H2,(H,15,16). The topological polar surface area (TPSA) is 49.0 Å². The molecule has 2 aromatic rings. The Kier molecular flexibility index (Phi) is 2.73. The first-order valence-corrected chi connectivity index (χ1v) is 6.08. The SMILES string of the molecule is O=C(C#Cc1[nH]nc2ccccc12)N1CCCC1. The second-order valence-corrected chi connectivity index (χ2v) is 4.37. The molecule has 1 aromatic carbocycles. The minimum Gasteiger partial charge on any atom is -0.332 e. The molecule has 0 saturated carbocycles. The van der Waals surface area contributed by atoms with Gasteiger partial charge in [0.2, 0.25) is 0 Å². The summed E-state index contributed by atoms with van der Waals surface area (Å²) in [7, 11) is 0. The van der Waals surface area contributed by atoms with Crippen LogP contribution >= 0.6 is 0 Å². The molecule has 1 amide bonds. The van der Waals surface area contributed by atoms with Gasteiger partial charge in [-0.2, -0.15) is 5.10 Å². The van der Waals surface area contributed by atoms with Crippen LogP contribution in [0.1, 0.15) is 18.5 Å². The minimum atomic E-state index is -0.0915. The van der Waals surface area contributed by atoms with Crippen LogP contribution in [0.2, 0.25) is 0 Å². The van der Waals surface area contributed by atoms with Gasteiger partial charge in [-0.15, -0.1) is 0 Å². The molecule has 0 radical (unpaired) electrons. The number of aromatic nitrogens is 2. The Bertz CT molecular complexity index is 642. The normalized spacial score (nSPS) is 14.6. The number of carbonyl (C=O) groups excluding carboxylic acids is 1. The highest BCUT2D eigenvalue weighted by Crippen LogP contribution is 2.13. The number of amides is 1. The summed E-state index contributed by atoms with van der Waals surface area (Å²) in [5, 5.41) is 7.96. The number of likely N-dealkylation sites (tertiary alicyclic amines) is 1. The number of rotatable bonds is 0. The molecule has 1 N–H and O–H groups in total. The molecule has 1 aliphatic rings. The molecule has 4 heteroatoms. The van der Waals surface area contributed by atoms with Crippen LogP contribution in [0.4, 0.5) is 0 Å². The highest BCUT2D eigenvalue weighted by atomic mass is 16.2. The van der Waals surface area contributed by atoms with Crippen molar-refractivity contribution in [1.82, 2.24) is 15.1 Å². The van der Waals surface area contributed by atoms with Gasteiger partial charge in [0.15, 0.2) is 0 Å². The maximum atomic E-state index is 11.8. The summed E-state index contributed by atoms with van der Waals surface area (Å²) < 4.78 is 0. The number of fused-ring (bicyclic) bond motifs is 1. The van der Waals surface area contributed by atoms with Gasteiger partial charge in [-0.05, 0) is 30.9 Å². The second-order valence-electron chi connectivity index (χ2n) is 4.37. The molecule has 90 valence electrons. The molecule has 1 aromatic heterocycles. The Morgan fingerprint density at radius 3 is 2.89 bits per heavy atom. The molecule has 0 spiro atoms. The highest BCUT2D eigenvalue weighted by Gasteiger charge is 2.15. The molecule has 1 saturated heterocycles. The van der Waals surface area contributed by atoms with E-state index in [1.807, 2.05) is 24.3 Å².